The molecule has 1 aromatic heterocycles. The standard InChI is InChI=1S/C15H21N3OS/c1-17-14(8-13(16-17)11-2-3-11)20-18-6-4-15(5-7-18)9-12(19)10-15/h8,11H,2-7,9-10H2,1H3. The topological polar surface area (TPSA) is 38.1 Å². The van der Waals surface area contributed by atoms with E-state index in [1.54, 1.807) is 0 Å². The molecule has 108 valence electrons. The molecular weight excluding hydrogens is 270 g/mol. The van der Waals surface area contributed by atoms with Crippen LogP contribution in [0.15, 0.2) is 11.1 Å². The first-order chi connectivity index (χ1) is 9.63. The number of nitrogens with zero attached hydrogens (tertiary/aromatic N) is 3. The second-order valence-corrected chi connectivity index (χ2v) is 7.84. The van der Waals surface area contributed by atoms with Gasteiger partial charge in [0, 0.05) is 38.9 Å². The Kier molecular flexibility index (Phi) is 2.96. The van der Waals surface area contributed by atoms with Gasteiger partial charge in [-0.1, -0.05) is 0 Å². The van der Waals surface area contributed by atoms with Gasteiger partial charge in [0.1, 0.15) is 10.8 Å². The molecule has 0 amide bonds. The molecule has 1 aromatic rings. The van der Waals surface area contributed by atoms with Gasteiger partial charge < -0.3 is 0 Å². The fraction of sp³-hybridized carbons (Fsp3) is 0.733. The van der Waals surface area contributed by atoms with Crippen LogP contribution in [0.4, 0.5) is 0 Å². The maximum absolute atomic E-state index is 11.2. The fourth-order valence-electron chi connectivity index (χ4n) is 3.46. The Balaban J connectivity index is 1.37. The lowest BCUT2D eigenvalue weighted by Crippen LogP contribution is -2.45. The van der Waals surface area contributed by atoms with E-state index >= 15 is 0 Å². The van der Waals surface area contributed by atoms with Gasteiger partial charge in [-0.25, -0.2) is 4.31 Å². The molecule has 5 heteroatoms. The van der Waals surface area contributed by atoms with Crippen molar-refractivity contribution >= 4 is 17.7 Å². The lowest BCUT2D eigenvalue weighted by molar-refractivity contribution is -0.134. The lowest BCUT2D eigenvalue weighted by Gasteiger charge is -2.46. The second kappa shape index (κ2) is 4.60. The van der Waals surface area contributed by atoms with Gasteiger partial charge in [0.2, 0.25) is 0 Å². The number of Topliss-reactive ketones (excluding diaryl/α,β-unsaturated/α-hetero) is 1. The minimum Gasteiger partial charge on any atom is -0.300 e. The van der Waals surface area contributed by atoms with E-state index < -0.39 is 0 Å². The molecule has 0 aromatic carbocycles. The summed E-state index contributed by atoms with van der Waals surface area (Å²) in [6.07, 6.45) is 6.65. The highest BCUT2D eigenvalue weighted by atomic mass is 32.2. The molecule has 0 atom stereocenters. The van der Waals surface area contributed by atoms with E-state index in [9.17, 15) is 4.79 Å². The summed E-state index contributed by atoms with van der Waals surface area (Å²) >= 11 is 1.84. The SMILES string of the molecule is Cn1nc(C2CC2)cc1SN1CCC2(CC1)CC(=O)C2. The van der Waals surface area contributed by atoms with E-state index in [1.165, 1.54) is 36.4 Å². The summed E-state index contributed by atoms with van der Waals surface area (Å²) in [7, 11) is 2.05. The maximum Gasteiger partial charge on any atom is 0.134 e. The number of hydrogen-bond acceptors (Lipinski definition) is 4. The molecule has 3 fully saturated rings. The number of ketones is 1. The van der Waals surface area contributed by atoms with Gasteiger partial charge in [-0.15, -0.1) is 0 Å². The molecule has 2 saturated carbocycles. The molecule has 20 heavy (non-hydrogen) atoms. The molecule has 4 nitrogen and oxygen atoms in total. The van der Waals surface area contributed by atoms with Crippen LogP contribution in [0.5, 0.6) is 0 Å². The zero-order valence-electron chi connectivity index (χ0n) is 12.0. The van der Waals surface area contributed by atoms with Gasteiger partial charge in [0.05, 0.1) is 5.69 Å². The molecule has 1 aliphatic heterocycles. The predicted molar refractivity (Wildman–Crippen MR) is 78.5 cm³/mol. The van der Waals surface area contributed by atoms with Crippen molar-refractivity contribution in [3.8, 4) is 0 Å². The van der Waals surface area contributed by atoms with Crippen LogP contribution >= 0.6 is 11.9 Å². The van der Waals surface area contributed by atoms with Crippen molar-refractivity contribution in [2.75, 3.05) is 13.1 Å². The summed E-state index contributed by atoms with van der Waals surface area (Å²) in [5.41, 5.74) is 1.65. The molecule has 0 unspecified atom stereocenters. The van der Waals surface area contributed by atoms with Gasteiger partial charge in [-0.2, -0.15) is 5.10 Å². The summed E-state index contributed by atoms with van der Waals surface area (Å²) in [4.78, 5) is 11.2. The average molecular weight is 291 g/mol. The zero-order chi connectivity index (χ0) is 13.7. The van der Waals surface area contributed by atoms with Crippen LogP contribution in [0.3, 0.4) is 0 Å². The van der Waals surface area contributed by atoms with Crippen molar-refractivity contribution in [3.05, 3.63) is 11.8 Å². The molecule has 1 spiro atoms. The van der Waals surface area contributed by atoms with Gasteiger partial charge >= 0.3 is 0 Å². The Morgan fingerprint density at radius 1 is 1.30 bits per heavy atom. The Bertz CT molecular complexity index is 531. The average Bonchev–Trinajstić information content (AvgIpc) is 3.17. The van der Waals surface area contributed by atoms with Gasteiger partial charge in [-0.3, -0.25) is 9.48 Å². The fourth-order valence-corrected chi connectivity index (χ4v) is 4.42. The van der Waals surface area contributed by atoms with Gasteiger partial charge in [-0.05, 0) is 49.1 Å². The molecule has 4 rings (SSSR count). The third-order valence-electron chi connectivity index (χ3n) is 5.00. The number of carbonyl (C=O) groups excluding carboxylic acids is 1. The van der Waals surface area contributed by atoms with Crippen molar-refractivity contribution < 1.29 is 4.79 Å². The first kappa shape index (κ1) is 12.9. The highest BCUT2D eigenvalue weighted by Crippen LogP contribution is 2.48. The van der Waals surface area contributed by atoms with Gasteiger partial charge in [0.15, 0.2) is 0 Å². The van der Waals surface area contributed by atoms with E-state index in [2.05, 4.69) is 15.5 Å². The number of carbonyl (C=O) groups is 1. The molecule has 0 radical (unpaired) electrons. The summed E-state index contributed by atoms with van der Waals surface area (Å²) in [5, 5.41) is 5.89. The molecule has 0 bridgehead atoms. The second-order valence-electron chi connectivity index (χ2n) is 6.72. The van der Waals surface area contributed by atoms with Crippen molar-refractivity contribution in [1.29, 1.82) is 0 Å². The van der Waals surface area contributed by atoms with E-state index in [4.69, 9.17) is 0 Å². The minimum absolute atomic E-state index is 0.375. The largest absolute Gasteiger partial charge is 0.300 e. The van der Waals surface area contributed by atoms with E-state index in [0.717, 1.165) is 31.8 Å². The van der Waals surface area contributed by atoms with E-state index in [0.29, 0.717) is 11.2 Å². The third-order valence-corrected chi connectivity index (χ3v) is 6.19. The molecule has 2 heterocycles. The Hall–Kier alpha value is -0.810. The highest BCUT2D eigenvalue weighted by Gasteiger charge is 2.45. The van der Waals surface area contributed by atoms with E-state index in [-0.39, 0.29) is 0 Å². The van der Waals surface area contributed by atoms with Crippen molar-refractivity contribution in [3.63, 3.8) is 0 Å². The number of rotatable bonds is 3. The quantitative estimate of drug-likeness (QED) is 0.803. The van der Waals surface area contributed by atoms with Crippen LogP contribution in [0, 0.1) is 5.41 Å². The summed E-state index contributed by atoms with van der Waals surface area (Å²) < 4.78 is 4.47. The monoisotopic (exact) mass is 291 g/mol. The summed E-state index contributed by atoms with van der Waals surface area (Å²) in [6, 6.07) is 2.26. The van der Waals surface area contributed by atoms with Gasteiger partial charge in [0.25, 0.3) is 0 Å². The summed E-state index contributed by atoms with van der Waals surface area (Å²) in [6.45, 7) is 2.20. The molecule has 3 aliphatic rings. The highest BCUT2D eigenvalue weighted by molar-refractivity contribution is 7.97. The number of aryl methyl sites for hydroxylation is 1. The number of hydrogen-bond donors (Lipinski definition) is 0. The lowest BCUT2D eigenvalue weighted by atomic mass is 9.63. The molecule has 2 aliphatic carbocycles. The number of piperidine rings is 1. The van der Waals surface area contributed by atoms with Crippen LogP contribution in [-0.4, -0.2) is 33.0 Å². The molecule has 0 N–H and O–H groups in total. The minimum atomic E-state index is 0.375. The zero-order valence-corrected chi connectivity index (χ0v) is 12.8. The Morgan fingerprint density at radius 2 is 2.00 bits per heavy atom. The van der Waals surface area contributed by atoms with Crippen LogP contribution in [0.2, 0.25) is 0 Å². The number of aromatic nitrogens is 2. The maximum atomic E-state index is 11.2. The Labute approximate surface area is 124 Å². The van der Waals surface area contributed by atoms with E-state index in [1.807, 2.05) is 23.7 Å². The first-order valence-corrected chi connectivity index (χ1v) is 8.39. The van der Waals surface area contributed by atoms with Crippen molar-refractivity contribution in [2.24, 2.45) is 12.5 Å². The van der Waals surface area contributed by atoms with Crippen molar-refractivity contribution in [1.82, 2.24) is 14.1 Å². The predicted octanol–water partition coefficient (Wildman–Crippen LogP) is 2.75. The molecular formula is C15H21N3OS. The first-order valence-electron chi connectivity index (χ1n) is 7.62. The Morgan fingerprint density at radius 3 is 2.60 bits per heavy atom. The molecule has 1 saturated heterocycles. The van der Waals surface area contributed by atoms with Crippen molar-refractivity contribution in [2.45, 2.75) is 49.5 Å². The van der Waals surface area contributed by atoms with Crippen LogP contribution in [-0.2, 0) is 11.8 Å². The van der Waals surface area contributed by atoms with Crippen LogP contribution < -0.4 is 0 Å². The summed E-state index contributed by atoms with van der Waals surface area (Å²) in [5.74, 6) is 1.19. The third kappa shape index (κ3) is 2.31. The van der Waals surface area contributed by atoms with Crippen LogP contribution in [0.1, 0.15) is 50.1 Å². The smallest absolute Gasteiger partial charge is 0.134 e. The normalized spacial score (nSPS) is 25.9. The van der Waals surface area contributed by atoms with Crippen LogP contribution in [0.25, 0.3) is 0 Å².